The van der Waals surface area contributed by atoms with Gasteiger partial charge in [0.25, 0.3) is 0 Å². The van der Waals surface area contributed by atoms with Crippen molar-refractivity contribution in [2.75, 3.05) is 0 Å². The Balaban J connectivity index is 1.83. The predicted molar refractivity (Wildman–Crippen MR) is 71.4 cm³/mol. The number of nitrogens with zero attached hydrogens (tertiary/aromatic N) is 2. The average Bonchev–Trinajstić information content (AvgIpc) is 3.00. The first-order valence-electron chi connectivity index (χ1n) is 6.19. The van der Waals surface area contributed by atoms with E-state index in [1.807, 2.05) is 10.9 Å². The lowest BCUT2D eigenvalue weighted by atomic mass is 9.95. The lowest BCUT2D eigenvalue weighted by Gasteiger charge is -2.26. The van der Waals surface area contributed by atoms with Crippen molar-refractivity contribution in [2.24, 2.45) is 0 Å². The zero-order valence-electron chi connectivity index (χ0n) is 10.4. The highest BCUT2D eigenvalue weighted by Gasteiger charge is 2.37. The third kappa shape index (κ3) is 3.55. The van der Waals surface area contributed by atoms with E-state index in [1.165, 1.54) is 0 Å². The number of nitrogens with one attached hydrogen (secondary N) is 1. The fraction of sp³-hybridized carbons (Fsp3) is 0.667. The molecule has 18 heavy (non-hydrogen) atoms. The second-order valence-corrected chi connectivity index (χ2v) is 6.00. The van der Waals surface area contributed by atoms with E-state index in [1.54, 1.807) is 13.1 Å². The number of carboxylic acids is 1. The molecule has 1 aromatic rings. The lowest BCUT2D eigenvalue weighted by molar-refractivity contribution is -0.144. The Kier molecular flexibility index (Phi) is 4.07. The number of hydrogen-bond donors (Lipinski definition) is 2. The molecule has 1 saturated carbocycles. The monoisotopic (exact) mass is 315 g/mol. The maximum atomic E-state index is 11.3. The van der Waals surface area contributed by atoms with Gasteiger partial charge in [-0.25, -0.2) is 0 Å². The van der Waals surface area contributed by atoms with Crippen LogP contribution in [-0.2, 0) is 11.3 Å². The highest BCUT2D eigenvalue weighted by Crippen LogP contribution is 2.25. The van der Waals surface area contributed by atoms with Crippen LogP contribution >= 0.6 is 15.9 Å². The minimum absolute atomic E-state index is 0.393. The van der Waals surface area contributed by atoms with Gasteiger partial charge in [0, 0.05) is 18.8 Å². The second-order valence-electron chi connectivity index (χ2n) is 5.08. The predicted octanol–water partition coefficient (Wildman–Crippen LogP) is 2.02. The van der Waals surface area contributed by atoms with Crippen molar-refractivity contribution in [3.05, 3.63) is 16.9 Å². The molecule has 2 N–H and O–H groups in total. The Hall–Kier alpha value is -0.880. The molecule has 2 rings (SSSR count). The average molecular weight is 316 g/mol. The van der Waals surface area contributed by atoms with Gasteiger partial charge in [-0.1, -0.05) is 0 Å². The largest absolute Gasteiger partial charge is 0.480 e. The van der Waals surface area contributed by atoms with Crippen molar-refractivity contribution in [1.29, 1.82) is 0 Å². The minimum atomic E-state index is -0.814. The Labute approximate surface area is 115 Å². The molecule has 100 valence electrons. The SMILES string of the molecule is CC(CCCn1cc(Br)cn1)(NC1CC1)C(=O)O. The molecule has 1 heterocycles. The molecular formula is C12H18BrN3O2. The van der Waals surface area contributed by atoms with Gasteiger partial charge in [0.15, 0.2) is 0 Å². The molecule has 6 heteroatoms. The fourth-order valence-electron chi connectivity index (χ4n) is 1.97. The summed E-state index contributed by atoms with van der Waals surface area (Å²) in [5.74, 6) is -0.768. The van der Waals surface area contributed by atoms with E-state index in [2.05, 4.69) is 26.3 Å². The summed E-state index contributed by atoms with van der Waals surface area (Å²) in [4.78, 5) is 11.3. The first-order chi connectivity index (χ1) is 8.49. The molecule has 0 amide bonds. The molecule has 0 spiro atoms. The summed E-state index contributed by atoms with van der Waals surface area (Å²) in [5, 5.41) is 16.7. The van der Waals surface area contributed by atoms with E-state index in [-0.39, 0.29) is 0 Å². The number of carboxylic acid groups (broad SMARTS) is 1. The molecule has 1 aromatic heterocycles. The van der Waals surface area contributed by atoms with Crippen LogP contribution in [-0.4, -0.2) is 32.4 Å². The standard InChI is InChI=1S/C12H18BrN3O2/c1-12(11(17)18,15-10-3-4-10)5-2-6-16-8-9(13)7-14-16/h7-8,10,15H,2-6H2,1H3,(H,17,18). The molecule has 5 nitrogen and oxygen atoms in total. The summed E-state index contributed by atoms with van der Waals surface area (Å²) in [5.41, 5.74) is -0.814. The van der Waals surface area contributed by atoms with Crippen molar-refractivity contribution in [3.63, 3.8) is 0 Å². The molecule has 1 atom stereocenters. The van der Waals surface area contributed by atoms with Crippen LogP contribution in [0.3, 0.4) is 0 Å². The molecule has 0 saturated heterocycles. The van der Waals surface area contributed by atoms with Crippen molar-refractivity contribution in [2.45, 2.75) is 50.7 Å². The summed E-state index contributed by atoms with van der Waals surface area (Å²) < 4.78 is 2.77. The number of hydrogen-bond acceptors (Lipinski definition) is 3. The van der Waals surface area contributed by atoms with Crippen molar-refractivity contribution in [1.82, 2.24) is 15.1 Å². The van der Waals surface area contributed by atoms with Crippen molar-refractivity contribution in [3.8, 4) is 0 Å². The minimum Gasteiger partial charge on any atom is -0.480 e. The van der Waals surface area contributed by atoms with Crippen LogP contribution in [0, 0.1) is 0 Å². The highest BCUT2D eigenvalue weighted by atomic mass is 79.9. The fourth-order valence-corrected chi connectivity index (χ4v) is 2.30. The van der Waals surface area contributed by atoms with Crippen molar-refractivity contribution >= 4 is 21.9 Å². The van der Waals surface area contributed by atoms with E-state index < -0.39 is 11.5 Å². The van der Waals surface area contributed by atoms with Gasteiger partial charge in [-0.15, -0.1) is 0 Å². The van der Waals surface area contributed by atoms with E-state index in [0.717, 1.165) is 30.3 Å². The molecule has 0 bridgehead atoms. The number of aryl methyl sites for hydroxylation is 1. The Morgan fingerprint density at radius 1 is 1.72 bits per heavy atom. The van der Waals surface area contributed by atoms with Gasteiger partial charge in [-0.05, 0) is 48.5 Å². The number of carbonyl (C=O) groups is 1. The number of aliphatic carboxylic acids is 1. The second kappa shape index (κ2) is 5.40. The van der Waals surface area contributed by atoms with Gasteiger partial charge in [0.05, 0.1) is 10.7 Å². The van der Waals surface area contributed by atoms with E-state index in [4.69, 9.17) is 0 Å². The molecule has 0 aromatic carbocycles. The molecule has 1 aliphatic rings. The third-order valence-electron chi connectivity index (χ3n) is 3.24. The molecule has 1 fully saturated rings. The molecule has 0 aliphatic heterocycles. The van der Waals surface area contributed by atoms with E-state index >= 15 is 0 Å². The summed E-state index contributed by atoms with van der Waals surface area (Å²) in [7, 11) is 0. The quantitative estimate of drug-likeness (QED) is 0.808. The summed E-state index contributed by atoms with van der Waals surface area (Å²) >= 11 is 3.34. The van der Waals surface area contributed by atoms with Gasteiger partial charge in [0.2, 0.25) is 0 Å². The van der Waals surface area contributed by atoms with Gasteiger partial charge in [0.1, 0.15) is 5.54 Å². The molecule has 0 radical (unpaired) electrons. The Bertz CT molecular complexity index is 431. The number of rotatable bonds is 7. The normalized spacial score (nSPS) is 18.6. The van der Waals surface area contributed by atoms with Crippen LogP contribution in [0.5, 0.6) is 0 Å². The zero-order chi connectivity index (χ0) is 13.2. The smallest absolute Gasteiger partial charge is 0.323 e. The van der Waals surface area contributed by atoms with Crippen LogP contribution in [0.1, 0.15) is 32.6 Å². The molecular weight excluding hydrogens is 298 g/mol. The van der Waals surface area contributed by atoms with Gasteiger partial charge in [-0.3, -0.25) is 14.8 Å². The lowest BCUT2D eigenvalue weighted by Crippen LogP contribution is -2.50. The zero-order valence-corrected chi connectivity index (χ0v) is 12.0. The van der Waals surface area contributed by atoms with Crippen LogP contribution in [0.4, 0.5) is 0 Å². The van der Waals surface area contributed by atoms with Gasteiger partial charge < -0.3 is 5.11 Å². The Morgan fingerprint density at radius 2 is 2.44 bits per heavy atom. The number of aromatic nitrogens is 2. The molecule has 1 unspecified atom stereocenters. The topological polar surface area (TPSA) is 67.2 Å². The van der Waals surface area contributed by atoms with Crippen LogP contribution < -0.4 is 5.32 Å². The van der Waals surface area contributed by atoms with Gasteiger partial charge >= 0.3 is 5.97 Å². The highest BCUT2D eigenvalue weighted by molar-refractivity contribution is 9.10. The summed E-state index contributed by atoms with van der Waals surface area (Å²) in [6, 6.07) is 0.393. The molecule has 1 aliphatic carbocycles. The number of halogens is 1. The van der Waals surface area contributed by atoms with Gasteiger partial charge in [-0.2, -0.15) is 5.10 Å². The van der Waals surface area contributed by atoms with Crippen LogP contribution in [0.25, 0.3) is 0 Å². The summed E-state index contributed by atoms with van der Waals surface area (Å²) in [6.07, 6.45) is 7.21. The van der Waals surface area contributed by atoms with Crippen molar-refractivity contribution < 1.29 is 9.90 Å². The maximum absolute atomic E-state index is 11.3. The van der Waals surface area contributed by atoms with E-state index in [9.17, 15) is 9.90 Å². The maximum Gasteiger partial charge on any atom is 0.323 e. The first-order valence-corrected chi connectivity index (χ1v) is 6.98. The first kappa shape index (κ1) is 13.5. The van der Waals surface area contributed by atoms with Crippen LogP contribution in [0.15, 0.2) is 16.9 Å². The third-order valence-corrected chi connectivity index (χ3v) is 3.65. The Morgan fingerprint density at radius 3 is 2.94 bits per heavy atom. The van der Waals surface area contributed by atoms with E-state index in [0.29, 0.717) is 12.5 Å². The van der Waals surface area contributed by atoms with Crippen LogP contribution in [0.2, 0.25) is 0 Å². The summed E-state index contributed by atoms with van der Waals surface area (Å²) in [6.45, 7) is 2.51.